The van der Waals surface area contributed by atoms with Gasteiger partial charge in [0.25, 0.3) is 5.91 Å². The van der Waals surface area contributed by atoms with Crippen molar-refractivity contribution in [1.82, 2.24) is 10.2 Å². The van der Waals surface area contributed by atoms with E-state index in [2.05, 4.69) is 5.32 Å². The first-order valence-corrected chi connectivity index (χ1v) is 8.68. The van der Waals surface area contributed by atoms with Gasteiger partial charge in [-0.3, -0.25) is 4.79 Å². The van der Waals surface area contributed by atoms with Gasteiger partial charge in [0.15, 0.2) is 5.76 Å². The van der Waals surface area contributed by atoms with Crippen molar-refractivity contribution in [3.05, 3.63) is 53.5 Å². The van der Waals surface area contributed by atoms with E-state index in [-0.39, 0.29) is 30.0 Å². The van der Waals surface area contributed by atoms with Gasteiger partial charge in [-0.15, -0.1) is 0 Å². The molecule has 1 unspecified atom stereocenters. The molecule has 2 rings (SSSR count). The average Bonchev–Trinajstić information content (AvgIpc) is 3.05. The molecule has 2 aromatic rings. The highest BCUT2D eigenvalue weighted by atomic mass is 16.6. The van der Waals surface area contributed by atoms with Gasteiger partial charge < -0.3 is 24.5 Å². The Bertz CT molecular complexity index is 807. The minimum Gasteiger partial charge on any atom is -0.508 e. The summed E-state index contributed by atoms with van der Waals surface area (Å²) < 4.78 is 10.7. The van der Waals surface area contributed by atoms with Gasteiger partial charge in [0, 0.05) is 7.05 Å². The number of aromatic hydroxyl groups is 1. The standard InChI is InChI=1S/C20H26N2O5/c1-13(14-7-6-8-15(23)11-14)22(5)18(24)17-10-9-16(26-17)12-21-19(25)27-20(2,3)4/h6-11,13,23H,12H2,1-5H3,(H,21,25). The molecule has 0 spiro atoms. The van der Waals surface area contributed by atoms with Gasteiger partial charge in [-0.1, -0.05) is 12.1 Å². The second kappa shape index (κ2) is 8.16. The fourth-order valence-corrected chi connectivity index (χ4v) is 2.42. The third-order valence-electron chi connectivity index (χ3n) is 3.93. The average molecular weight is 374 g/mol. The zero-order valence-corrected chi connectivity index (χ0v) is 16.3. The van der Waals surface area contributed by atoms with E-state index >= 15 is 0 Å². The Balaban J connectivity index is 1.98. The quantitative estimate of drug-likeness (QED) is 0.829. The minimum absolute atomic E-state index is 0.119. The van der Waals surface area contributed by atoms with Crippen LogP contribution in [-0.2, 0) is 11.3 Å². The molecule has 0 bridgehead atoms. The first-order valence-electron chi connectivity index (χ1n) is 8.68. The molecule has 0 fully saturated rings. The summed E-state index contributed by atoms with van der Waals surface area (Å²) in [6.07, 6.45) is -0.554. The topological polar surface area (TPSA) is 92.0 Å². The molecule has 1 atom stereocenters. The van der Waals surface area contributed by atoms with Gasteiger partial charge in [-0.05, 0) is 57.5 Å². The van der Waals surface area contributed by atoms with Crippen LogP contribution in [0, 0.1) is 0 Å². The van der Waals surface area contributed by atoms with Crippen LogP contribution in [0.3, 0.4) is 0 Å². The van der Waals surface area contributed by atoms with Crippen molar-refractivity contribution in [2.75, 3.05) is 7.05 Å². The Morgan fingerprint density at radius 1 is 1.26 bits per heavy atom. The molecule has 1 aromatic heterocycles. The van der Waals surface area contributed by atoms with E-state index in [1.807, 2.05) is 13.0 Å². The lowest BCUT2D eigenvalue weighted by Gasteiger charge is -2.24. The maximum absolute atomic E-state index is 12.6. The highest BCUT2D eigenvalue weighted by Gasteiger charge is 2.22. The number of phenolic OH excluding ortho intramolecular Hbond substituents is 1. The largest absolute Gasteiger partial charge is 0.508 e. The zero-order chi connectivity index (χ0) is 20.2. The number of alkyl carbamates (subject to hydrolysis) is 1. The summed E-state index contributed by atoms with van der Waals surface area (Å²) in [5, 5.41) is 12.2. The lowest BCUT2D eigenvalue weighted by Crippen LogP contribution is -2.32. The molecule has 2 amide bonds. The van der Waals surface area contributed by atoms with Gasteiger partial charge in [0.2, 0.25) is 0 Å². The molecule has 0 radical (unpaired) electrons. The second-order valence-corrected chi connectivity index (χ2v) is 7.31. The molecule has 1 aromatic carbocycles. The Kier molecular flexibility index (Phi) is 6.15. The van der Waals surface area contributed by atoms with Crippen molar-refractivity contribution >= 4 is 12.0 Å². The van der Waals surface area contributed by atoms with Gasteiger partial charge in [0.1, 0.15) is 17.1 Å². The van der Waals surface area contributed by atoms with Crippen LogP contribution < -0.4 is 5.32 Å². The Morgan fingerprint density at radius 2 is 1.96 bits per heavy atom. The van der Waals surface area contributed by atoms with Crippen molar-refractivity contribution in [2.24, 2.45) is 0 Å². The number of hydrogen-bond acceptors (Lipinski definition) is 5. The number of nitrogens with one attached hydrogen (secondary N) is 1. The predicted molar refractivity (Wildman–Crippen MR) is 100 cm³/mol. The van der Waals surface area contributed by atoms with Crippen molar-refractivity contribution in [1.29, 1.82) is 0 Å². The molecular formula is C20H26N2O5. The lowest BCUT2D eigenvalue weighted by molar-refractivity contribution is 0.0519. The number of rotatable bonds is 5. The highest BCUT2D eigenvalue weighted by molar-refractivity contribution is 5.91. The number of furan rings is 1. The van der Waals surface area contributed by atoms with Gasteiger partial charge in [-0.2, -0.15) is 0 Å². The summed E-state index contributed by atoms with van der Waals surface area (Å²) in [6, 6.07) is 9.72. The van der Waals surface area contributed by atoms with Crippen molar-refractivity contribution < 1.29 is 23.8 Å². The van der Waals surface area contributed by atoms with Crippen LogP contribution in [0.1, 0.15) is 55.6 Å². The van der Waals surface area contributed by atoms with Crippen LogP contribution in [0.2, 0.25) is 0 Å². The molecule has 7 heteroatoms. The number of carbonyl (C=O) groups is 2. The summed E-state index contributed by atoms with van der Waals surface area (Å²) in [7, 11) is 1.66. The van der Waals surface area contributed by atoms with Crippen LogP contribution in [0.4, 0.5) is 4.79 Å². The molecule has 7 nitrogen and oxygen atoms in total. The maximum atomic E-state index is 12.6. The molecule has 0 aliphatic carbocycles. The predicted octanol–water partition coefficient (Wildman–Crippen LogP) is 3.84. The molecule has 1 heterocycles. The number of amides is 2. The van der Waals surface area contributed by atoms with Gasteiger partial charge in [0.05, 0.1) is 12.6 Å². The van der Waals surface area contributed by atoms with Crippen molar-refractivity contribution in [3.63, 3.8) is 0 Å². The smallest absolute Gasteiger partial charge is 0.408 e. The molecule has 2 N–H and O–H groups in total. The van der Waals surface area contributed by atoms with Crippen LogP contribution in [0.5, 0.6) is 5.75 Å². The Morgan fingerprint density at radius 3 is 2.59 bits per heavy atom. The number of ether oxygens (including phenoxy) is 1. The fourth-order valence-electron chi connectivity index (χ4n) is 2.42. The summed E-state index contributed by atoms with van der Waals surface area (Å²) in [6.45, 7) is 7.31. The van der Waals surface area contributed by atoms with Crippen LogP contribution in [0.25, 0.3) is 0 Å². The number of nitrogens with zero attached hydrogens (tertiary/aromatic N) is 1. The van der Waals surface area contributed by atoms with E-state index in [0.29, 0.717) is 5.76 Å². The van der Waals surface area contributed by atoms with E-state index in [1.165, 1.54) is 4.90 Å². The normalized spacial score (nSPS) is 12.3. The summed E-state index contributed by atoms with van der Waals surface area (Å²) in [5.41, 5.74) is 0.225. The number of hydrogen-bond donors (Lipinski definition) is 2. The van der Waals surface area contributed by atoms with Crippen molar-refractivity contribution in [2.45, 2.75) is 45.9 Å². The SMILES string of the molecule is CC(c1cccc(O)c1)N(C)C(=O)c1ccc(CNC(=O)OC(C)(C)C)o1. The molecular weight excluding hydrogens is 348 g/mol. The van der Waals surface area contributed by atoms with Crippen LogP contribution in [-0.4, -0.2) is 34.7 Å². The van der Waals surface area contributed by atoms with Gasteiger partial charge in [-0.25, -0.2) is 4.79 Å². The third-order valence-corrected chi connectivity index (χ3v) is 3.93. The highest BCUT2D eigenvalue weighted by Crippen LogP contribution is 2.24. The van der Waals surface area contributed by atoms with Gasteiger partial charge >= 0.3 is 6.09 Å². The zero-order valence-electron chi connectivity index (χ0n) is 16.3. The number of phenols is 1. The van der Waals surface area contributed by atoms with Crippen LogP contribution in [0.15, 0.2) is 40.8 Å². The second-order valence-electron chi connectivity index (χ2n) is 7.31. The summed E-state index contributed by atoms with van der Waals surface area (Å²) >= 11 is 0. The summed E-state index contributed by atoms with van der Waals surface area (Å²) in [4.78, 5) is 25.9. The van der Waals surface area contributed by atoms with E-state index < -0.39 is 11.7 Å². The summed E-state index contributed by atoms with van der Waals surface area (Å²) in [5.74, 6) is 0.469. The van der Waals surface area contributed by atoms with E-state index in [0.717, 1.165) is 5.56 Å². The first-order chi connectivity index (χ1) is 12.6. The Hall–Kier alpha value is -2.96. The first kappa shape index (κ1) is 20.4. The molecule has 27 heavy (non-hydrogen) atoms. The molecule has 0 saturated carbocycles. The fraction of sp³-hybridized carbons (Fsp3) is 0.400. The van der Waals surface area contributed by atoms with E-state index in [9.17, 15) is 14.7 Å². The molecule has 0 aliphatic heterocycles. The monoisotopic (exact) mass is 374 g/mol. The third kappa shape index (κ3) is 5.77. The van der Waals surface area contributed by atoms with Crippen LogP contribution >= 0.6 is 0 Å². The Labute approximate surface area is 158 Å². The minimum atomic E-state index is -0.584. The molecule has 146 valence electrons. The molecule has 0 aliphatic rings. The molecule has 0 saturated heterocycles. The number of carbonyl (C=O) groups excluding carboxylic acids is 2. The van der Waals surface area contributed by atoms with Crippen molar-refractivity contribution in [3.8, 4) is 5.75 Å². The lowest BCUT2D eigenvalue weighted by atomic mass is 10.1. The maximum Gasteiger partial charge on any atom is 0.408 e. The number of benzene rings is 1. The van der Waals surface area contributed by atoms with E-state index in [1.54, 1.807) is 58.2 Å². The van der Waals surface area contributed by atoms with E-state index in [4.69, 9.17) is 9.15 Å².